The number of anilines is 1. The Hall–Kier alpha value is -1.20. The fourth-order valence-electron chi connectivity index (χ4n) is 2.12. The van der Waals surface area contributed by atoms with Gasteiger partial charge in [-0.3, -0.25) is 0 Å². The van der Waals surface area contributed by atoms with Crippen LogP contribution >= 0.6 is 0 Å². The van der Waals surface area contributed by atoms with E-state index in [4.69, 9.17) is 4.74 Å². The number of hydrogen-bond acceptors (Lipinski definition) is 3. The molecule has 1 saturated heterocycles. The Balaban J connectivity index is 2.39. The number of rotatable bonds is 3. The van der Waals surface area contributed by atoms with Crippen LogP contribution < -0.4 is 4.90 Å². The number of nitrogens with zero attached hydrogens (tertiary/aromatic N) is 1. The van der Waals surface area contributed by atoms with Crippen molar-refractivity contribution in [2.45, 2.75) is 12.8 Å². The smallest absolute Gasteiger partial charge is 0.160 e. The summed E-state index contributed by atoms with van der Waals surface area (Å²) in [6.45, 7) is 4.14. The summed E-state index contributed by atoms with van der Waals surface area (Å²) in [6, 6.07) is 2.39. The van der Waals surface area contributed by atoms with Crippen LogP contribution in [0.1, 0.15) is 18.4 Å². The number of aliphatic hydroxyl groups is 1. The monoisotopic (exact) mass is 257 g/mol. The van der Waals surface area contributed by atoms with Crippen LogP contribution in [0.2, 0.25) is 0 Å². The van der Waals surface area contributed by atoms with Gasteiger partial charge in [0, 0.05) is 37.4 Å². The van der Waals surface area contributed by atoms with Crippen LogP contribution in [0.15, 0.2) is 12.1 Å². The number of halogens is 2. The average Bonchev–Trinajstić information content (AvgIpc) is 2.41. The Bertz CT molecular complexity index is 420. The van der Waals surface area contributed by atoms with Gasteiger partial charge in [-0.1, -0.05) is 6.92 Å². The maximum atomic E-state index is 13.4. The third-order valence-electron chi connectivity index (χ3n) is 3.23. The summed E-state index contributed by atoms with van der Waals surface area (Å²) in [6.07, 6.45) is 0. The number of morpholine rings is 1. The lowest BCUT2D eigenvalue weighted by molar-refractivity contribution is 0.122. The standard InChI is InChI=1S/C13H17F2NO2/c1-9(8-17)10-6-11(14)12(15)7-13(10)16-2-4-18-5-3-16/h6-7,9,17H,2-5,8H2,1H3. The molecule has 0 spiro atoms. The van der Waals surface area contributed by atoms with Crippen molar-refractivity contribution >= 4 is 5.69 Å². The molecule has 18 heavy (non-hydrogen) atoms. The molecule has 1 aromatic carbocycles. The van der Waals surface area contributed by atoms with Gasteiger partial charge in [0.25, 0.3) is 0 Å². The van der Waals surface area contributed by atoms with E-state index >= 15 is 0 Å². The molecule has 1 atom stereocenters. The van der Waals surface area contributed by atoms with E-state index in [9.17, 15) is 13.9 Å². The van der Waals surface area contributed by atoms with Crippen molar-refractivity contribution in [2.24, 2.45) is 0 Å². The minimum absolute atomic E-state index is 0.0948. The summed E-state index contributed by atoms with van der Waals surface area (Å²) < 4.78 is 32.0. The van der Waals surface area contributed by atoms with Gasteiger partial charge in [0.05, 0.1) is 13.2 Å². The molecule has 100 valence electrons. The number of aliphatic hydroxyl groups excluding tert-OH is 1. The van der Waals surface area contributed by atoms with Gasteiger partial charge in [0.2, 0.25) is 0 Å². The molecule has 1 N–H and O–H groups in total. The third kappa shape index (κ3) is 2.62. The minimum Gasteiger partial charge on any atom is -0.396 e. The minimum atomic E-state index is -0.873. The summed E-state index contributed by atoms with van der Waals surface area (Å²) in [4.78, 5) is 1.97. The van der Waals surface area contributed by atoms with Gasteiger partial charge in [-0.25, -0.2) is 8.78 Å². The molecule has 0 aromatic heterocycles. The molecule has 1 unspecified atom stereocenters. The Morgan fingerprint density at radius 3 is 2.50 bits per heavy atom. The number of benzene rings is 1. The molecule has 0 radical (unpaired) electrons. The van der Waals surface area contributed by atoms with Crippen LogP contribution in [0.5, 0.6) is 0 Å². The van der Waals surface area contributed by atoms with Crippen molar-refractivity contribution in [3.63, 3.8) is 0 Å². The summed E-state index contributed by atoms with van der Waals surface area (Å²) in [5, 5.41) is 9.21. The van der Waals surface area contributed by atoms with E-state index in [0.29, 0.717) is 37.6 Å². The highest BCUT2D eigenvalue weighted by Gasteiger charge is 2.20. The first-order valence-corrected chi connectivity index (χ1v) is 6.06. The van der Waals surface area contributed by atoms with E-state index in [1.165, 1.54) is 12.1 Å². The van der Waals surface area contributed by atoms with Crippen molar-refractivity contribution in [3.05, 3.63) is 29.3 Å². The zero-order valence-corrected chi connectivity index (χ0v) is 10.3. The van der Waals surface area contributed by atoms with Crippen LogP contribution in [0.3, 0.4) is 0 Å². The van der Waals surface area contributed by atoms with E-state index < -0.39 is 11.6 Å². The van der Waals surface area contributed by atoms with Crippen LogP contribution in [0, 0.1) is 11.6 Å². The molecular weight excluding hydrogens is 240 g/mol. The first kappa shape index (κ1) is 13.2. The SMILES string of the molecule is CC(CO)c1cc(F)c(F)cc1N1CCOCC1. The predicted octanol–water partition coefficient (Wildman–Crippen LogP) is 1.90. The lowest BCUT2D eigenvalue weighted by Gasteiger charge is -2.31. The molecule has 2 rings (SSSR count). The van der Waals surface area contributed by atoms with Crippen LogP contribution in [-0.2, 0) is 4.74 Å². The quantitative estimate of drug-likeness (QED) is 0.897. The molecule has 1 aliphatic heterocycles. The summed E-state index contributed by atoms with van der Waals surface area (Å²) >= 11 is 0. The van der Waals surface area contributed by atoms with Gasteiger partial charge < -0.3 is 14.7 Å². The van der Waals surface area contributed by atoms with Crippen molar-refractivity contribution in [3.8, 4) is 0 Å². The van der Waals surface area contributed by atoms with Crippen LogP contribution in [0.4, 0.5) is 14.5 Å². The maximum absolute atomic E-state index is 13.4. The molecule has 1 aliphatic rings. The Morgan fingerprint density at radius 2 is 1.89 bits per heavy atom. The first-order chi connectivity index (χ1) is 8.63. The topological polar surface area (TPSA) is 32.7 Å². The van der Waals surface area contributed by atoms with Crippen molar-refractivity contribution in [1.29, 1.82) is 0 Å². The summed E-state index contributed by atoms with van der Waals surface area (Å²) in [5.74, 6) is -1.95. The second-order valence-corrected chi connectivity index (χ2v) is 4.51. The number of hydrogen-bond donors (Lipinski definition) is 1. The van der Waals surface area contributed by atoms with Gasteiger partial charge >= 0.3 is 0 Å². The third-order valence-corrected chi connectivity index (χ3v) is 3.23. The number of ether oxygens (including phenoxy) is 1. The maximum Gasteiger partial charge on any atom is 0.160 e. The molecule has 0 saturated carbocycles. The van der Waals surface area contributed by atoms with Crippen LogP contribution in [-0.4, -0.2) is 38.0 Å². The van der Waals surface area contributed by atoms with Gasteiger partial charge in [-0.2, -0.15) is 0 Å². The molecule has 1 fully saturated rings. The van der Waals surface area contributed by atoms with Gasteiger partial charge in [0.1, 0.15) is 0 Å². The van der Waals surface area contributed by atoms with E-state index in [1.807, 2.05) is 4.90 Å². The normalized spacial score (nSPS) is 17.9. The zero-order valence-electron chi connectivity index (χ0n) is 10.3. The Morgan fingerprint density at radius 1 is 1.28 bits per heavy atom. The van der Waals surface area contributed by atoms with E-state index in [1.54, 1.807) is 6.92 Å². The average molecular weight is 257 g/mol. The van der Waals surface area contributed by atoms with Crippen molar-refractivity contribution in [1.82, 2.24) is 0 Å². The van der Waals surface area contributed by atoms with E-state index in [-0.39, 0.29) is 12.5 Å². The van der Waals surface area contributed by atoms with Crippen LogP contribution in [0.25, 0.3) is 0 Å². The lowest BCUT2D eigenvalue weighted by Crippen LogP contribution is -2.37. The molecule has 1 aromatic rings. The van der Waals surface area contributed by atoms with Crippen molar-refractivity contribution < 1.29 is 18.6 Å². The molecule has 0 amide bonds. The molecule has 0 aliphatic carbocycles. The largest absolute Gasteiger partial charge is 0.396 e. The summed E-state index contributed by atoms with van der Waals surface area (Å²) in [7, 11) is 0. The van der Waals surface area contributed by atoms with Crippen molar-refractivity contribution in [2.75, 3.05) is 37.8 Å². The van der Waals surface area contributed by atoms with Gasteiger partial charge in [-0.05, 0) is 11.6 Å². The fourth-order valence-corrected chi connectivity index (χ4v) is 2.12. The summed E-state index contributed by atoms with van der Waals surface area (Å²) in [5.41, 5.74) is 1.29. The fraction of sp³-hybridized carbons (Fsp3) is 0.538. The highest BCUT2D eigenvalue weighted by Crippen LogP contribution is 2.30. The second-order valence-electron chi connectivity index (χ2n) is 4.51. The second kappa shape index (κ2) is 5.63. The zero-order chi connectivity index (χ0) is 13.1. The Kier molecular flexibility index (Phi) is 4.14. The molecule has 0 bridgehead atoms. The lowest BCUT2D eigenvalue weighted by atomic mass is 9.98. The Labute approximate surface area is 105 Å². The van der Waals surface area contributed by atoms with Gasteiger partial charge in [-0.15, -0.1) is 0 Å². The highest BCUT2D eigenvalue weighted by atomic mass is 19.2. The highest BCUT2D eigenvalue weighted by molar-refractivity contribution is 5.56. The molecule has 1 heterocycles. The molecule has 3 nitrogen and oxygen atoms in total. The molecular formula is C13H17F2NO2. The van der Waals surface area contributed by atoms with Gasteiger partial charge in [0.15, 0.2) is 11.6 Å². The van der Waals surface area contributed by atoms with E-state index in [0.717, 1.165) is 0 Å². The van der Waals surface area contributed by atoms with E-state index in [2.05, 4.69) is 0 Å². The predicted molar refractivity (Wildman–Crippen MR) is 64.9 cm³/mol. The molecule has 5 heteroatoms. The first-order valence-electron chi connectivity index (χ1n) is 6.06.